The van der Waals surface area contributed by atoms with Crippen LogP contribution >= 0.6 is 0 Å². The summed E-state index contributed by atoms with van der Waals surface area (Å²) < 4.78 is 0. The summed E-state index contributed by atoms with van der Waals surface area (Å²) in [5.41, 5.74) is 3.62. The molecule has 3 atom stereocenters. The number of anilines is 1. The van der Waals surface area contributed by atoms with Crippen molar-refractivity contribution in [2.24, 2.45) is 0 Å². The summed E-state index contributed by atoms with van der Waals surface area (Å²) in [5.74, 6) is 0. The molecule has 2 amide bonds. The van der Waals surface area contributed by atoms with E-state index < -0.39 is 0 Å². The molecule has 26 heavy (non-hydrogen) atoms. The normalized spacial score (nSPS) is 25.2. The van der Waals surface area contributed by atoms with Crippen LogP contribution in [0.4, 0.5) is 10.5 Å². The van der Waals surface area contributed by atoms with Gasteiger partial charge in [-0.05, 0) is 70.0 Å². The highest BCUT2D eigenvalue weighted by Crippen LogP contribution is 2.24. The van der Waals surface area contributed by atoms with Crippen LogP contribution in [-0.2, 0) is 12.8 Å². The molecule has 1 heterocycles. The molecular formula is C19H32N6O. The van der Waals surface area contributed by atoms with Gasteiger partial charge < -0.3 is 20.9 Å². The van der Waals surface area contributed by atoms with Gasteiger partial charge in [-0.3, -0.25) is 10.6 Å². The summed E-state index contributed by atoms with van der Waals surface area (Å²) in [4.78, 5) is 14.5. The van der Waals surface area contributed by atoms with Gasteiger partial charge in [-0.1, -0.05) is 6.07 Å². The molecule has 1 aromatic carbocycles. The topological polar surface area (TPSA) is 80.5 Å². The van der Waals surface area contributed by atoms with Crippen molar-refractivity contribution in [3.63, 3.8) is 0 Å². The van der Waals surface area contributed by atoms with Gasteiger partial charge in [-0.2, -0.15) is 0 Å². The van der Waals surface area contributed by atoms with Crippen LogP contribution in [0, 0.1) is 0 Å². The Labute approximate surface area is 156 Å². The standard InChI is InChI=1S/C19H32N6O/c1-13-11-17(20-9-10-25(2)3)23-18(21-13)24-19(26)22-16-8-7-14-5-4-6-15(14)12-16/h7-8,12-13,17-18,20-21,23H,4-6,9-11H2,1-3H3,(H2,22,24,26). The number of hydrogen-bond donors (Lipinski definition) is 5. The lowest BCUT2D eigenvalue weighted by atomic mass is 10.1. The highest BCUT2D eigenvalue weighted by atomic mass is 16.2. The Morgan fingerprint density at radius 1 is 1.23 bits per heavy atom. The Morgan fingerprint density at radius 3 is 2.85 bits per heavy atom. The number of amides is 2. The third kappa shape index (κ3) is 5.41. The largest absolute Gasteiger partial charge is 0.321 e. The number of fused-ring (bicyclic) bond motifs is 1. The predicted molar refractivity (Wildman–Crippen MR) is 105 cm³/mol. The summed E-state index contributed by atoms with van der Waals surface area (Å²) >= 11 is 0. The zero-order valence-corrected chi connectivity index (χ0v) is 16.1. The quantitative estimate of drug-likeness (QED) is 0.524. The maximum absolute atomic E-state index is 12.4. The molecule has 7 nitrogen and oxygen atoms in total. The van der Waals surface area contributed by atoms with Crippen molar-refractivity contribution in [1.29, 1.82) is 0 Å². The van der Waals surface area contributed by atoms with Crippen LogP contribution in [0.25, 0.3) is 0 Å². The van der Waals surface area contributed by atoms with Crippen LogP contribution in [0.1, 0.15) is 30.9 Å². The number of benzene rings is 1. The summed E-state index contributed by atoms with van der Waals surface area (Å²) in [6, 6.07) is 6.33. The number of hydrogen-bond acceptors (Lipinski definition) is 5. The van der Waals surface area contributed by atoms with E-state index in [1.807, 2.05) is 6.07 Å². The molecule has 1 saturated heterocycles. The molecule has 0 bridgehead atoms. The molecule has 1 fully saturated rings. The van der Waals surface area contributed by atoms with E-state index in [2.05, 4.69) is 64.6 Å². The van der Waals surface area contributed by atoms with Crippen molar-refractivity contribution in [2.75, 3.05) is 32.5 Å². The molecule has 0 radical (unpaired) electrons. The van der Waals surface area contributed by atoms with Gasteiger partial charge in [0.05, 0.1) is 6.17 Å². The molecule has 1 aliphatic carbocycles. The molecule has 2 aliphatic rings. The first-order chi connectivity index (χ1) is 12.5. The van der Waals surface area contributed by atoms with Gasteiger partial charge in [0.2, 0.25) is 0 Å². The maximum Gasteiger partial charge on any atom is 0.321 e. The van der Waals surface area contributed by atoms with Crippen LogP contribution in [0.15, 0.2) is 18.2 Å². The minimum atomic E-state index is -0.259. The molecule has 3 rings (SSSR count). The second-order valence-corrected chi connectivity index (χ2v) is 7.65. The van der Waals surface area contributed by atoms with E-state index >= 15 is 0 Å². The monoisotopic (exact) mass is 360 g/mol. The molecule has 5 N–H and O–H groups in total. The summed E-state index contributed by atoms with van der Waals surface area (Å²) in [5, 5.41) is 16.2. The minimum absolute atomic E-state index is 0.177. The zero-order valence-electron chi connectivity index (χ0n) is 16.1. The number of nitrogens with one attached hydrogen (secondary N) is 5. The van der Waals surface area contributed by atoms with E-state index in [-0.39, 0.29) is 18.5 Å². The van der Waals surface area contributed by atoms with Crippen molar-refractivity contribution in [1.82, 2.24) is 26.2 Å². The predicted octanol–water partition coefficient (Wildman–Crippen LogP) is 1.03. The Kier molecular flexibility index (Phi) is 6.48. The maximum atomic E-state index is 12.4. The first kappa shape index (κ1) is 19.1. The minimum Gasteiger partial charge on any atom is -0.310 e. The van der Waals surface area contributed by atoms with Crippen molar-refractivity contribution < 1.29 is 4.79 Å². The average Bonchev–Trinajstić information content (AvgIpc) is 3.01. The Bertz CT molecular complexity index is 620. The van der Waals surface area contributed by atoms with E-state index in [9.17, 15) is 4.79 Å². The summed E-state index contributed by atoms with van der Waals surface area (Å²) in [7, 11) is 4.13. The molecule has 144 valence electrons. The second-order valence-electron chi connectivity index (χ2n) is 7.65. The smallest absolute Gasteiger partial charge is 0.310 e. The SMILES string of the molecule is CC1CC(NCCN(C)C)NC(NC(=O)Nc2ccc3c(c2)CCC3)N1. The number of rotatable bonds is 6. The highest BCUT2D eigenvalue weighted by molar-refractivity contribution is 5.89. The molecule has 0 spiro atoms. The number of likely N-dealkylation sites (N-methyl/N-ethyl adjacent to an activating group) is 1. The van der Waals surface area contributed by atoms with Crippen LogP contribution in [0.5, 0.6) is 0 Å². The average molecular weight is 361 g/mol. The number of carbonyl (C=O) groups excluding carboxylic acids is 1. The molecule has 1 aliphatic heterocycles. The van der Waals surface area contributed by atoms with Crippen LogP contribution in [0.2, 0.25) is 0 Å². The van der Waals surface area contributed by atoms with Gasteiger partial charge in [-0.25, -0.2) is 4.79 Å². The lowest BCUT2D eigenvalue weighted by Gasteiger charge is -2.37. The lowest BCUT2D eigenvalue weighted by molar-refractivity contribution is 0.191. The number of aryl methyl sites for hydroxylation is 2. The fraction of sp³-hybridized carbons (Fsp3) is 0.632. The second kappa shape index (κ2) is 8.81. The van der Waals surface area contributed by atoms with Crippen molar-refractivity contribution in [3.05, 3.63) is 29.3 Å². The Balaban J connectivity index is 1.48. The van der Waals surface area contributed by atoms with Crippen molar-refractivity contribution in [2.45, 2.75) is 51.1 Å². The fourth-order valence-electron chi connectivity index (χ4n) is 3.66. The Hall–Kier alpha value is -1.67. The van der Waals surface area contributed by atoms with E-state index in [0.717, 1.165) is 38.0 Å². The molecule has 3 unspecified atom stereocenters. The number of carbonyl (C=O) groups is 1. The zero-order chi connectivity index (χ0) is 18.5. The highest BCUT2D eigenvalue weighted by Gasteiger charge is 2.25. The van der Waals surface area contributed by atoms with Crippen molar-refractivity contribution >= 4 is 11.7 Å². The molecular weight excluding hydrogens is 328 g/mol. The van der Waals surface area contributed by atoms with Gasteiger partial charge in [0.1, 0.15) is 6.29 Å². The molecule has 0 aromatic heterocycles. The van der Waals surface area contributed by atoms with E-state index in [4.69, 9.17) is 0 Å². The van der Waals surface area contributed by atoms with E-state index in [0.29, 0.717) is 6.04 Å². The van der Waals surface area contributed by atoms with Crippen LogP contribution in [0.3, 0.4) is 0 Å². The first-order valence-corrected chi connectivity index (χ1v) is 9.59. The van der Waals surface area contributed by atoms with Gasteiger partial charge in [0.25, 0.3) is 0 Å². The van der Waals surface area contributed by atoms with Gasteiger partial charge in [0.15, 0.2) is 0 Å². The van der Waals surface area contributed by atoms with E-state index in [1.165, 1.54) is 17.5 Å². The van der Waals surface area contributed by atoms with Gasteiger partial charge in [0, 0.05) is 24.8 Å². The Morgan fingerprint density at radius 2 is 2.04 bits per heavy atom. The third-order valence-electron chi connectivity index (χ3n) is 4.99. The third-order valence-corrected chi connectivity index (χ3v) is 4.99. The van der Waals surface area contributed by atoms with Crippen LogP contribution in [-0.4, -0.2) is 56.6 Å². The molecule has 1 aromatic rings. The molecule has 7 heteroatoms. The molecule has 0 saturated carbocycles. The lowest BCUT2D eigenvalue weighted by Crippen LogP contribution is -2.68. The van der Waals surface area contributed by atoms with Crippen LogP contribution < -0.4 is 26.6 Å². The van der Waals surface area contributed by atoms with Gasteiger partial charge in [-0.15, -0.1) is 0 Å². The first-order valence-electron chi connectivity index (χ1n) is 9.59. The number of urea groups is 1. The summed E-state index contributed by atoms with van der Waals surface area (Å²) in [6.07, 6.45) is 4.36. The summed E-state index contributed by atoms with van der Waals surface area (Å²) in [6.45, 7) is 4.02. The fourth-order valence-corrected chi connectivity index (χ4v) is 3.66. The van der Waals surface area contributed by atoms with Crippen molar-refractivity contribution in [3.8, 4) is 0 Å². The van der Waals surface area contributed by atoms with Gasteiger partial charge >= 0.3 is 6.03 Å². The van der Waals surface area contributed by atoms with E-state index in [1.54, 1.807) is 0 Å². The number of nitrogens with zero attached hydrogens (tertiary/aromatic N) is 1.